The number of amides is 1. The predicted molar refractivity (Wildman–Crippen MR) is 104 cm³/mol. The number of nitrogens with one attached hydrogen (secondary N) is 1. The number of likely N-dealkylation sites (N-methyl/N-ethyl adjacent to an activating group) is 1. The van der Waals surface area contributed by atoms with Crippen LogP contribution in [0.25, 0.3) is 0 Å². The van der Waals surface area contributed by atoms with E-state index < -0.39 is 0 Å². The maximum absolute atomic E-state index is 12.7. The van der Waals surface area contributed by atoms with E-state index in [0.29, 0.717) is 13.1 Å². The monoisotopic (exact) mass is 387 g/mol. The Morgan fingerprint density at radius 3 is 2.28 bits per heavy atom. The third kappa shape index (κ3) is 5.17. The van der Waals surface area contributed by atoms with Crippen LogP contribution in [0.5, 0.6) is 0 Å². The first-order valence-corrected chi connectivity index (χ1v) is 8.46. The van der Waals surface area contributed by atoms with Gasteiger partial charge >= 0.3 is 0 Å². The summed E-state index contributed by atoms with van der Waals surface area (Å²) < 4.78 is 0. The van der Waals surface area contributed by atoms with Crippen LogP contribution < -0.4 is 5.32 Å². The Kier molecular flexibility index (Phi) is 8.86. The Labute approximate surface area is 161 Å². The van der Waals surface area contributed by atoms with Gasteiger partial charge in [0.2, 0.25) is 5.91 Å². The van der Waals surface area contributed by atoms with Gasteiger partial charge in [0.15, 0.2) is 5.78 Å². The predicted octanol–water partition coefficient (Wildman–Crippen LogP) is 1.86. The van der Waals surface area contributed by atoms with E-state index in [1.54, 1.807) is 0 Å². The zero-order valence-electron chi connectivity index (χ0n) is 14.5. The van der Waals surface area contributed by atoms with Gasteiger partial charge in [-0.2, -0.15) is 0 Å². The highest BCUT2D eigenvalue weighted by molar-refractivity contribution is 5.98. The lowest BCUT2D eigenvalue weighted by Crippen LogP contribution is -2.58. The Bertz CT molecular complexity index is 563. The van der Waals surface area contributed by atoms with Crippen molar-refractivity contribution in [1.29, 1.82) is 0 Å². The van der Waals surface area contributed by atoms with Gasteiger partial charge in [-0.1, -0.05) is 30.3 Å². The van der Waals surface area contributed by atoms with Crippen molar-refractivity contribution >= 4 is 36.5 Å². The number of hydrogen-bond acceptors (Lipinski definition) is 4. The normalized spacial score (nSPS) is 21.8. The molecule has 1 aromatic rings. The molecular formula is C18H27Cl2N3O2. The highest BCUT2D eigenvalue weighted by Gasteiger charge is 2.33. The van der Waals surface area contributed by atoms with Crippen LogP contribution in [-0.4, -0.2) is 67.3 Å². The van der Waals surface area contributed by atoms with E-state index in [0.717, 1.165) is 38.0 Å². The smallest absolute Gasteiger partial charge is 0.241 e. The quantitative estimate of drug-likeness (QED) is 0.804. The van der Waals surface area contributed by atoms with Crippen LogP contribution in [0, 0.1) is 5.92 Å². The molecule has 0 bridgehead atoms. The van der Waals surface area contributed by atoms with Crippen molar-refractivity contribution < 1.29 is 9.59 Å². The Morgan fingerprint density at radius 1 is 1.04 bits per heavy atom. The van der Waals surface area contributed by atoms with Gasteiger partial charge in [0.1, 0.15) is 6.04 Å². The second kappa shape index (κ2) is 10.1. The molecule has 0 aromatic heterocycles. The number of ketones is 1. The van der Waals surface area contributed by atoms with Crippen LogP contribution in [0.1, 0.15) is 23.2 Å². The average Bonchev–Trinajstić information content (AvgIpc) is 2.62. The average molecular weight is 388 g/mol. The van der Waals surface area contributed by atoms with Gasteiger partial charge in [0.25, 0.3) is 0 Å². The highest BCUT2D eigenvalue weighted by atomic mass is 35.5. The fourth-order valence-corrected chi connectivity index (χ4v) is 3.49. The topological polar surface area (TPSA) is 52.7 Å². The molecule has 140 valence electrons. The first kappa shape index (κ1) is 21.9. The van der Waals surface area contributed by atoms with E-state index in [1.807, 2.05) is 42.3 Å². The third-order valence-corrected chi connectivity index (χ3v) is 5.03. The molecular weight excluding hydrogens is 361 g/mol. The van der Waals surface area contributed by atoms with Gasteiger partial charge in [-0.05, 0) is 19.9 Å². The van der Waals surface area contributed by atoms with Crippen molar-refractivity contribution in [3.8, 4) is 0 Å². The van der Waals surface area contributed by atoms with E-state index in [4.69, 9.17) is 0 Å². The SMILES string of the molecule is CN1CCNCC1C(=O)N1CCC(C(=O)c2ccccc2)CC1.Cl.Cl. The van der Waals surface area contributed by atoms with Gasteiger partial charge in [-0.3, -0.25) is 14.5 Å². The van der Waals surface area contributed by atoms with E-state index in [9.17, 15) is 9.59 Å². The molecule has 0 radical (unpaired) electrons. The lowest BCUT2D eigenvalue weighted by Gasteiger charge is -2.38. The first-order chi connectivity index (χ1) is 11.2. The summed E-state index contributed by atoms with van der Waals surface area (Å²) in [6.07, 6.45) is 1.53. The number of halogens is 2. The molecule has 2 saturated heterocycles. The van der Waals surface area contributed by atoms with Gasteiger partial charge in [-0.15, -0.1) is 24.8 Å². The van der Waals surface area contributed by atoms with Crippen molar-refractivity contribution in [2.45, 2.75) is 18.9 Å². The van der Waals surface area contributed by atoms with E-state index in [-0.39, 0.29) is 48.5 Å². The number of carbonyl (C=O) groups excluding carboxylic acids is 2. The summed E-state index contributed by atoms with van der Waals surface area (Å²) in [5.74, 6) is 0.461. The van der Waals surface area contributed by atoms with Crippen LogP contribution in [0.3, 0.4) is 0 Å². The molecule has 1 N–H and O–H groups in total. The molecule has 1 atom stereocenters. The van der Waals surface area contributed by atoms with E-state index in [1.165, 1.54) is 0 Å². The van der Waals surface area contributed by atoms with Crippen LogP contribution in [-0.2, 0) is 4.79 Å². The van der Waals surface area contributed by atoms with E-state index >= 15 is 0 Å². The van der Waals surface area contributed by atoms with Gasteiger partial charge in [0.05, 0.1) is 0 Å². The minimum absolute atomic E-state index is 0. The van der Waals surface area contributed by atoms with E-state index in [2.05, 4.69) is 10.2 Å². The molecule has 1 unspecified atom stereocenters. The highest BCUT2D eigenvalue weighted by Crippen LogP contribution is 2.22. The molecule has 5 nitrogen and oxygen atoms in total. The summed E-state index contributed by atoms with van der Waals surface area (Å²) in [5, 5.41) is 3.29. The molecule has 0 saturated carbocycles. The largest absolute Gasteiger partial charge is 0.341 e. The fourth-order valence-electron chi connectivity index (χ4n) is 3.49. The van der Waals surface area contributed by atoms with Crippen molar-refractivity contribution in [3.05, 3.63) is 35.9 Å². The molecule has 2 aliphatic rings. The number of benzene rings is 1. The molecule has 2 heterocycles. The molecule has 1 amide bonds. The Balaban J connectivity index is 0.00000156. The molecule has 1 aromatic carbocycles. The molecule has 3 rings (SSSR count). The Hall–Kier alpha value is -1.14. The van der Waals surface area contributed by atoms with Crippen LogP contribution >= 0.6 is 24.8 Å². The third-order valence-electron chi connectivity index (χ3n) is 5.03. The number of Topliss-reactive ketones (excluding diaryl/α,β-unsaturated/α-hetero) is 1. The summed E-state index contributed by atoms with van der Waals surface area (Å²) in [6, 6.07) is 9.41. The molecule has 7 heteroatoms. The standard InChI is InChI=1S/C18H25N3O2.2ClH/c1-20-12-9-19-13-16(20)18(23)21-10-7-15(8-11-21)17(22)14-5-3-2-4-6-14;;/h2-6,15-16,19H,7-13H2,1H3;2*1H. The van der Waals surface area contributed by atoms with Crippen molar-refractivity contribution in [1.82, 2.24) is 15.1 Å². The van der Waals surface area contributed by atoms with Crippen molar-refractivity contribution in [3.63, 3.8) is 0 Å². The summed E-state index contributed by atoms with van der Waals surface area (Å²) in [5.41, 5.74) is 0.786. The molecule has 0 spiro atoms. The zero-order valence-corrected chi connectivity index (χ0v) is 16.2. The van der Waals surface area contributed by atoms with Crippen LogP contribution in [0.15, 0.2) is 30.3 Å². The van der Waals surface area contributed by atoms with Crippen LogP contribution in [0.4, 0.5) is 0 Å². The fraction of sp³-hybridized carbons (Fsp3) is 0.556. The number of nitrogens with zero attached hydrogens (tertiary/aromatic N) is 2. The van der Waals surface area contributed by atoms with Crippen molar-refractivity contribution in [2.24, 2.45) is 5.92 Å². The second-order valence-corrected chi connectivity index (χ2v) is 6.53. The summed E-state index contributed by atoms with van der Waals surface area (Å²) in [7, 11) is 2.01. The number of likely N-dealkylation sites (tertiary alicyclic amines) is 1. The number of piperazine rings is 1. The molecule has 0 aliphatic carbocycles. The Morgan fingerprint density at radius 2 is 1.68 bits per heavy atom. The van der Waals surface area contributed by atoms with Gasteiger partial charge in [-0.25, -0.2) is 0 Å². The number of rotatable bonds is 3. The van der Waals surface area contributed by atoms with Crippen LogP contribution in [0.2, 0.25) is 0 Å². The minimum atomic E-state index is -0.0647. The van der Waals surface area contributed by atoms with Gasteiger partial charge < -0.3 is 10.2 Å². The van der Waals surface area contributed by atoms with Gasteiger partial charge in [0, 0.05) is 44.2 Å². The first-order valence-electron chi connectivity index (χ1n) is 8.46. The number of hydrogen-bond donors (Lipinski definition) is 1. The summed E-state index contributed by atoms with van der Waals surface area (Å²) in [4.78, 5) is 29.2. The number of piperidine rings is 1. The maximum Gasteiger partial charge on any atom is 0.241 e. The molecule has 2 aliphatic heterocycles. The lowest BCUT2D eigenvalue weighted by molar-refractivity contribution is -0.138. The lowest BCUT2D eigenvalue weighted by atomic mass is 9.88. The minimum Gasteiger partial charge on any atom is -0.341 e. The zero-order chi connectivity index (χ0) is 16.2. The number of carbonyl (C=O) groups is 2. The molecule has 25 heavy (non-hydrogen) atoms. The molecule has 2 fully saturated rings. The summed E-state index contributed by atoms with van der Waals surface area (Å²) >= 11 is 0. The summed E-state index contributed by atoms with van der Waals surface area (Å²) in [6.45, 7) is 3.93. The second-order valence-electron chi connectivity index (χ2n) is 6.53. The maximum atomic E-state index is 12.7. The van der Waals surface area contributed by atoms with Crippen molar-refractivity contribution in [2.75, 3.05) is 39.8 Å².